The Morgan fingerprint density at radius 3 is 2.50 bits per heavy atom. The third-order valence-corrected chi connectivity index (χ3v) is 5.76. The average molecular weight is 447 g/mol. The first-order valence-electron chi connectivity index (χ1n) is 9.25. The molecule has 0 aromatic heterocycles. The van der Waals surface area contributed by atoms with Crippen LogP contribution in [-0.4, -0.2) is 29.5 Å². The van der Waals surface area contributed by atoms with Crippen molar-refractivity contribution in [2.45, 2.75) is 30.3 Å². The second kappa shape index (κ2) is 7.82. The van der Waals surface area contributed by atoms with Gasteiger partial charge in [0.2, 0.25) is 0 Å². The summed E-state index contributed by atoms with van der Waals surface area (Å²) in [5, 5.41) is 6.41. The first-order valence-corrected chi connectivity index (χ1v) is 10.0. The number of hydrogen-bond acceptors (Lipinski definition) is 3. The number of carbonyl (C=O) groups is 2. The molecule has 2 N–H and O–H groups in total. The van der Waals surface area contributed by atoms with Crippen LogP contribution in [0, 0.1) is 17.7 Å². The van der Waals surface area contributed by atoms with Crippen molar-refractivity contribution >= 4 is 35.0 Å². The smallest absolute Gasteiger partial charge is 0.296 e. The van der Waals surface area contributed by atoms with Crippen molar-refractivity contribution in [3.05, 3.63) is 63.9 Å². The zero-order chi connectivity index (χ0) is 21.4. The molecule has 5 nitrogen and oxygen atoms in total. The van der Waals surface area contributed by atoms with Gasteiger partial charge >= 0.3 is 0 Å². The highest BCUT2D eigenvalue weighted by atomic mass is 35.5. The molecular formula is C22H17Cl2FN2O3. The van der Waals surface area contributed by atoms with E-state index < -0.39 is 5.82 Å². The molecule has 3 aliphatic rings. The highest BCUT2D eigenvalue weighted by Gasteiger charge is 2.69. The lowest BCUT2D eigenvalue weighted by atomic mass is 9.44. The number of halogens is 3. The average Bonchev–Trinajstić information content (AvgIpc) is 2.65. The maximum absolute atomic E-state index is 13.4. The summed E-state index contributed by atoms with van der Waals surface area (Å²) in [5.41, 5.74) is 0.0342. The van der Waals surface area contributed by atoms with Crippen LogP contribution in [0.15, 0.2) is 42.5 Å². The summed E-state index contributed by atoms with van der Waals surface area (Å²) in [6.45, 7) is -0.229. The second-order valence-electron chi connectivity index (χ2n) is 7.72. The van der Waals surface area contributed by atoms with Crippen molar-refractivity contribution in [3.8, 4) is 17.6 Å². The van der Waals surface area contributed by atoms with E-state index in [0.717, 1.165) is 6.07 Å². The Labute approximate surface area is 182 Å². The molecule has 30 heavy (non-hydrogen) atoms. The molecule has 5 rings (SSSR count). The van der Waals surface area contributed by atoms with E-state index in [4.69, 9.17) is 27.9 Å². The van der Waals surface area contributed by atoms with Gasteiger partial charge in [0, 0.05) is 33.7 Å². The van der Waals surface area contributed by atoms with E-state index in [1.807, 2.05) is 0 Å². The Hall–Kier alpha value is -2.75. The summed E-state index contributed by atoms with van der Waals surface area (Å²) in [4.78, 5) is 24.2. The standard InChI is InChI=1S/C22H17Cl2FN2O3/c23-15-3-1-2-14(8-15)4-7-19(28)26-21-11-22(12-21,13-21)27-20(29)10-30-16-5-6-17(24)18(25)9-16/h1-3,5-6,8-9H,10-13H2,(H,26,28)(H,27,29). The number of ether oxygens (including phenoxy) is 1. The molecule has 2 aromatic carbocycles. The van der Waals surface area contributed by atoms with E-state index in [1.54, 1.807) is 24.3 Å². The van der Waals surface area contributed by atoms with Crippen LogP contribution in [0.25, 0.3) is 0 Å². The van der Waals surface area contributed by atoms with Crippen LogP contribution >= 0.6 is 23.2 Å². The van der Waals surface area contributed by atoms with Gasteiger partial charge in [-0.15, -0.1) is 0 Å². The van der Waals surface area contributed by atoms with Crippen LogP contribution in [0.1, 0.15) is 24.8 Å². The molecular weight excluding hydrogens is 430 g/mol. The fourth-order valence-electron chi connectivity index (χ4n) is 4.07. The summed E-state index contributed by atoms with van der Waals surface area (Å²) in [6.07, 6.45) is 1.93. The Morgan fingerprint density at radius 1 is 1.07 bits per heavy atom. The van der Waals surface area contributed by atoms with Crippen molar-refractivity contribution in [3.63, 3.8) is 0 Å². The van der Waals surface area contributed by atoms with Gasteiger partial charge in [0.25, 0.3) is 11.8 Å². The molecule has 0 unspecified atom stereocenters. The van der Waals surface area contributed by atoms with Crippen LogP contribution in [0.3, 0.4) is 0 Å². The molecule has 3 saturated carbocycles. The molecule has 0 aliphatic heterocycles. The summed E-state index contributed by atoms with van der Waals surface area (Å²) in [6, 6.07) is 11.0. The number of benzene rings is 2. The molecule has 3 fully saturated rings. The lowest BCUT2D eigenvalue weighted by Crippen LogP contribution is -2.84. The zero-order valence-corrected chi connectivity index (χ0v) is 17.2. The molecule has 0 saturated heterocycles. The maximum Gasteiger partial charge on any atom is 0.296 e. The van der Waals surface area contributed by atoms with Crippen molar-refractivity contribution in [1.82, 2.24) is 10.6 Å². The molecule has 0 atom stereocenters. The molecule has 3 aliphatic carbocycles. The van der Waals surface area contributed by atoms with E-state index in [2.05, 4.69) is 22.5 Å². The van der Waals surface area contributed by atoms with Crippen LogP contribution in [-0.2, 0) is 9.59 Å². The minimum Gasteiger partial charge on any atom is -0.484 e. The molecule has 2 bridgehead atoms. The third kappa shape index (κ3) is 4.38. The van der Waals surface area contributed by atoms with Crippen LogP contribution in [0.5, 0.6) is 5.75 Å². The predicted molar refractivity (Wildman–Crippen MR) is 111 cm³/mol. The van der Waals surface area contributed by atoms with Gasteiger partial charge in [-0.05, 0) is 49.6 Å². The summed E-state index contributed by atoms with van der Waals surface area (Å²) in [5.74, 6) is 4.32. The number of carbonyl (C=O) groups excluding carboxylic acids is 2. The number of hydrogen-bond donors (Lipinski definition) is 2. The topological polar surface area (TPSA) is 67.4 Å². The molecule has 0 heterocycles. The van der Waals surface area contributed by atoms with Gasteiger partial charge in [0.05, 0.1) is 5.02 Å². The van der Waals surface area contributed by atoms with Gasteiger partial charge < -0.3 is 15.4 Å². The number of nitrogens with one attached hydrogen (secondary N) is 2. The van der Waals surface area contributed by atoms with Gasteiger partial charge in [-0.2, -0.15) is 0 Å². The van der Waals surface area contributed by atoms with E-state index in [0.29, 0.717) is 29.8 Å². The second-order valence-corrected chi connectivity index (χ2v) is 8.56. The third-order valence-electron chi connectivity index (χ3n) is 5.22. The Bertz CT molecular complexity index is 1070. The number of amides is 2. The lowest BCUT2D eigenvalue weighted by Gasteiger charge is -2.70. The minimum atomic E-state index is -0.606. The van der Waals surface area contributed by atoms with E-state index in [1.165, 1.54) is 12.1 Å². The lowest BCUT2D eigenvalue weighted by molar-refractivity contribution is -0.148. The quantitative estimate of drug-likeness (QED) is 0.690. The maximum atomic E-state index is 13.4. The summed E-state index contributed by atoms with van der Waals surface area (Å²) < 4.78 is 18.7. The summed E-state index contributed by atoms with van der Waals surface area (Å²) in [7, 11) is 0. The Balaban J connectivity index is 1.22. The molecule has 0 radical (unpaired) electrons. The minimum absolute atomic E-state index is 0.00901. The van der Waals surface area contributed by atoms with Crippen LogP contribution in [0.2, 0.25) is 10.0 Å². The molecule has 0 spiro atoms. The first-order chi connectivity index (χ1) is 14.3. The fraction of sp³-hybridized carbons (Fsp3) is 0.273. The predicted octanol–water partition coefficient (Wildman–Crippen LogP) is 3.47. The van der Waals surface area contributed by atoms with Gasteiger partial charge in [-0.3, -0.25) is 9.59 Å². The highest BCUT2D eigenvalue weighted by molar-refractivity contribution is 6.31. The first kappa shape index (κ1) is 20.5. The molecule has 2 amide bonds. The van der Waals surface area contributed by atoms with E-state index >= 15 is 0 Å². The Morgan fingerprint density at radius 2 is 1.80 bits per heavy atom. The van der Waals surface area contributed by atoms with Gasteiger partial charge in [-0.1, -0.05) is 35.2 Å². The van der Waals surface area contributed by atoms with Crippen molar-refractivity contribution in [2.75, 3.05) is 6.61 Å². The van der Waals surface area contributed by atoms with Gasteiger partial charge in [0.15, 0.2) is 6.61 Å². The zero-order valence-electron chi connectivity index (χ0n) is 15.7. The van der Waals surface area contributed by atoms with E-state index in [-0.39, 0.29) is 40.3 Å². The molecule has 154 valence electrons. The molecule has 8 heteroatoms. The monoisotopic (exact) mass is 446 g/mol. The van der Waals surface area contributed by atoms with Crippen LogP contribution in [0.4, 0.5) is 4.39 Å². The summed E-state index contributed by atoms with van der Waals surface area (Å²) >= 11 is 11.5. The largest absolute Gasteiger partial charge is 0.484 e. The van der Waals surface area contributed by atoms with Crippen molar-refractivity contribution in [2.24, 2.45) is 0 Å². The highest BCUT2D eigenvalue weighted by Crippen LogP contribution is 2.60. The van der Waals surface area contributed by atoms with Crippen LogP contribution < -0.4 is 15.4 Å². The fourth-order valence-corrected chi connectivity index (χ4v) is 4.38. The van der Waals surface area contributed by atoms with Gasteiger partial charge in [0.1, 0.15) is 11.6 Å². The SMILES string of the molecule is O=C(C#Cc1cccc(Cl)c1)NC12CC(NC(=O)COc3ccc(Cl)c(F)c3)(C1)C2. The molecule has 2 aromatic rings. The van der Waals surface area contributed by atoms with E-state index in [9.17, 15) is 14.0 Å². The van der Waals surface area contributed by atoms with Crippen molar-refractivity contribution in [1.29, 1.82) is 0 Å². The van der Waals surface area contributed by atoms with Crippen molar-refractivity contribution < 1.29 is 18.7 Å². The normalized spacial score (nSPS) is 23.2. The van der Waals surface area contributed by atoms with Gasteiger partial charge in [-0.25, -0.2) is 4.39 Å². The number of rotatable bonds is 5. The Kier molecular flexibility index (Phi) is 5.35.